The first-order valence-electron chi connectivity index (χ1n) is 9.23. The van der Waals surface area contributed by atoms with Gasteiger partial charge in [-0.2, -0.15) is 0 Å². The van der Waals surface area contributed by atoms with E-state index in [9.17, 15) is 9.59 Å². The second kappa shape index (κ2) is 8.64. The Kier molecular flexibility index (Phi) is 6.04. The molecule has 0 atom stereocenters. The first kappa shape index (κ1) is 18.2. The molecule has 26 heavy (non-hydrogen) atoms. The minimum atomic E-state index is -0.274. The van der Waals surface area contributed by atoms with Gasteiger partial charge < -0.3 is 10.1 Å². The Hall–Kier alpha value is -2.64. The zero-order valence-corrected chi connectivity index (χ0v) is 15.0. The highest BCUT2D eigenvalue weighted by molar-refractivity contribution is 5.92. The van der Waals surface area contributed by atoms with E-state index in [0.717, 1.165) is 25.7 Å². The largest absolute Gasteiger partial charge is 0.479 e. The predicted molar refractivity (Wildman–Crippen MR) is 97.0 cm³/mol. The van der Waals surface area contributed by atoms with E-state index in [1.807, 2.05) is 13.0 Å². The second-order valence-corrected chi connectivity index (χ2v) is 6.46. The molecule has 1 saturated carbocycles. The maximum absolute atomic E-state index is 12.2. The van der Waals surface area contributed by atoms with Gasteiger partial charge in [0.25, 0.3) is 0 Å². The van der Waals surface area contributed by atoms with Crippen LogP contribution in [0.5, 0.6) is 5.88 Å². The van der Waals surface area contributed by atoms with Crippen molar-refractivity contribution in [1.82, 2.24) is 19.9 Å². The van der Waals surface area contributed by atoms with E-state index < -0.39 is 0 Å². The van der Waals surface area contributed by atoms with Gasteiger partial charge in [-0.05, 0) is 31.9 Å². The van der Waals surface area contributed by atoms with E-state index >= 15 is 0 Å². The lowest BCUT2D eigenvalue weighted by atomic mass is 9.95. The van der Waals surface area contributed by atoms with Gasteiger partial charge in [0.05, 0.1) is 6.61 Å². The number of anilines is 1. The van der Waals surface area contributed by atoms with Crippen LogP contribution in [0, 0.1) is 0 Å². The molecule has 0 aliphatic heterocycles. The van der Waals surface area contributed by atoms with Gasteiger partial charge in [0.2, 0.25) is 23.6 Å². The molecular formula is C18H25N5O3. The average Bonchev–Trinajstić information content (AvgIpc) is 3.05. The number of hydrogen-bond acceptors (Lipinski definition) is 5. The highest BCUT2D eigenvalue weighted by Gasteiger charge is 2.17. The Morgan fingerprint density at radius 1 is 1.15 bits per heavy atom. The number of nitrogens with one attached hydrogen (secondary N) is 2. The lowest BCUT2D eigenvalue weighted by Crippen LogP contribution is -2.36. The van der Waals surface area contributed by atoms with Crippen molar-refractivity contribution < 1.29 is 14.3 Å². The van der Waals surface area contributed by atoms with Crippen LogP contribution in [0.1, 0.15) is 51.9 Å². The number of hydrogen-bond donors (Lipinski definition) is 2. The fourth-order valence-corrected chi connectivity index (χ4v) is 3.22. The average molecular weight is 359 g/mol. The van der Waals surface area contributed by atoms with Crippen LogP contribution in [0.15, 0.2) is 18.2 Å². The summed E-state index contributed by atoms with van der Waals surface area (Å²) in [6.45, 7) is 2.37. The molecule has 0 unspecified atom stereocenters. The van der Waals surface area contributed by atoms with Gasteiger partial charge in [-0.25, -0.2) is 4.40 Å². The van der Waals surface area contributed by atoms with Crippen LogP contribution in [-0.4, -0.2) is 39.1 Å². The lowest BCUT2D eigenvalue weighted by molar-refractivity contribution is -0.125. The SMILES string of the molecule is CCOc1cccc2nnc(NC(=O)CCC(=O)NC3CCCCC3)n12. The predicted octanol–water partition coefficient (Wildman–Crippen LogP) is 2.30. The Morgan fingerprint density at radius 2 is 1.92 bits per heavy atom. The summed E-state index contributed by atoms with van der Waals surface area (Å²) in [6, 6.07) is 5.64. The standard InChI is InChI=1S/C18H25N5O3/c1-2-26-17-10-6-9-14-21-22-18(23(14)17)20-16(25)12-11-15(24)19-13-7-4-3-5-8-13/h6,9-10,13H,2-5,7-8,11-12H2,1H3,(H,19,24)(H,20,22,25). The highest BCUT2D eigenvalue weighted by Crippen LogP contribution is 2.19. The number of amides is 2. The smallest absolute Gasteiger partial charge is 0.238 e. The molecule has 1 aliphatic carbocycles. The third-order valence-electron chi connectivity index (χ3n) is 4.49. The van der Waals surface area contributed by atoms with E-state index in [2.05, 4.69) is 20.8 Å². The van der Waals surface area contributed by atoms with Crippen LogP contribution >= 0.6 is 0 Å². The molecular weight excluding hydrogens is 334 g/mol. The van der Waals surface area contributed by atoms with Crippen LogP contribution in [0.2, 0.25) is 0 Å². The van der Waals surface area contributed by atoms with Gasteiger partial charge in [0, 0.05) is 18.9 Å². The minimum Gasteiger partial charge on any atom is -0.479 e. The molecule has 8 nitrogen and oxygen atoms in total. The molecule has 8 heteroatoms. The summed E-state index contributed by atoms with van der Waals surface area (Å²) in [6.07, 6.45) is 5.89. The molecule has 1 fully saturated rings. The molecule has 2 aromatic rings. The minimum absolute atomic E-state index is 0.0758. The molecule has 0 aromatic carbocycles. The van der Waals surface area contributed by atoms with E-state index in [-0.39, 0.29) is 30.7 Å². The molecule has 2 aromatic heterocycles. The second-order valence-electron chi connectivity index (χ2n) is 6.46. The Balaban J connectivity index is 1.55. The van der Waals surface area contributed by atoms with E-state index in [1.54, 1.807) is 16.5 Å². The molecule has 140 valence electrons. The van der Waals surface area contributed by atoms with Gasteiger partial charge in [0.1, 0.15) is 0 Å². The van der Waals surface area contributed by atoms with Crippen LogP contribution < -0.4 is 15.4 Å². The van der Waals surface area contributed by atoms with Crippen LogP contribution in [-0.2, 0) is 9.59 Å². The fraction of sp³-hybridized carbons (Fsp3) is 0.556. The molecule has 2 heterocycles. The third-order valence-corrected chi connectivity index (χ3v) is 4.49. The maximum atomic E-state index is 12.2. The first-order chi connectivity index (χ1) is 12.7. The molecule has 0 spiro atoms. The summed E-state index contributed by atoms with van der Waals surface area (Å²) < 4.78 is 7.19. The number of pyridine rings is 1. The normalized spacial score (nSPS) is 15.0. The van der Waals surface area contributed by atoms with Crippen LogP contribution in [0.4, 0.5) is 5.95 Å². The highest BCUT2D eigenvalue weighted by atomic mass is 16.5. The van der Waals surface area contributed by atoms with Crippen molar-refractivity contribution in [3.63, 3.8) is 0 Å². The Bertz CT molecular complexity index is 767. The summed E-state index contributed by atoms with van der Waals surface area (Å²) in [5.41, 5.74) is 0.585. The number of ether oxygens (including phenoxy) is 1. The summed E-state index contributed by atoms with van der Waals surface area (Å²) in [4.78, 5) is 24.2. The zero-order valence-electron chi connectivity index (χ0n) is 15.0. The number of carbonyl (C=O) groups excluding carboxylic acids is 2. The third kappa shape index (κ3) is 4.50. The van der Waals surface area contributed by atoms with Crippen molar-refractivity contribution in [2.75, 3.05) is 11.9 Å². The van der Waals surface area contributed by atoms with Gasteiger partial charge in [0.15, 0.2) is 5.65 Å². The molecule has 0 radical (unpaired) electrons. The van der Waals surface area contributed by atoms with Crippen molar-refractivity contribution in [2.45, 2.75) is 57.9 Å². The molecule has 2 amide bonds. The molecule has 0 bridgehead atoms. The Morgan fingerprint density at radius 3 is 2.69 bits per heavy atom. The van der Waals surface area contributed by atoms with Gasteiger partial charge in [-0.1, -0.05) is 25.3 Å². The number of nitrogens with zero attached hydrogens (tertiary/aromatic N) is 3. The van der Waals surface area contributed by atoms with Crippen molar-refractivity contribution in [3.05, 3.63) is 18.2 Å². The monoisotopic (exact) mass is 359 g/mol. The molecule has 0 saturated heterocycles. The summed E-state index contributed by atoms with van der Waals surface area (Å²) >= 11 is 0. The van der Waals surface area contributed by atoms with Gasteiger partial charge in [-0.15, -0.1) is 10.2 Å². The number of aromatic nitrogens is 3. The number of rotatable bonds is 7. The maximum Gasteiger partial charge on any atom is 0.238 e. The zero-order chi connectivity index (χ0) is 18.4. The van der Waals surface area contributed by atoms with Crippen molar-refractivity contribution in [1.29, 1.82) is 0 Å². The Labute approximate surface area is 152 Å². The van der Waals surface area contributed by atoms with Crippen LogP contribution in [0.3, 0.4) is 0 Å². The molecule has 3 rings (SSSR count). The van der Waals surface area contributed by atoms with Crippen molar-refractivity contribution in [2.24, 2.45) is 0 Å². The number of fused-ring (bicyclic) bond motifs is 1. The summed E-state index contributed by atoms with van der Waals surface area (Å²) in [7, 11) is 0. The van der Waals surface area contributed by atoms with Crippen molar-refractivity contribution >= 4 is 23.4 Å². The number of carbonyl (C=O) groups is 2. The van der Waals surface area contributed by atoms with Crippen molar-refractivity contribution in [3.8, 4) is 5.88 Å². The topological polar surface area (TPSA) is 97.6 Å². The fourth-order valence-electron chi connectivity index (χ4n) is 3.22. The van der Waals surface area contributed by atoms with Gasteiger partial charge >= 0.3 is 0 Å². The van der Waals surface area contributed by atoms with E-state index in [4.69, 9.17) is 4.74 Å². The lowest BCUT2D eigenvalue weighted by Gasteiger charge is -2.22. The molecule has 2 N–H and O–H groups in total. The summed E-state index contributed by atoms with van der Waals surface area (Å²) in [5, 5.41) is 13.8. The van der Waals surface area contributed by atoms with Crippen LogP contribution in [0.25, 0.3) is 5.65 Å². The molecule has 1 aliphatic rings. The van der Waals surface area contributed by atoms with E-state index in [0.29, 0.717) is 24.1 Å². The van der Waals surface area contributed by atoms with Gasteiger partial charge in [-0.3, -0.25) is 14.9 Å². The summed E-state index contributed by atoms with van der Waals surface area (Å²) in [5.74, 6) is 0.500. The first-order valence-corrected chi connectivity index (χ1v) is 9.23. The van der Waals surface area contributed by atoms with E-state index in [1.165, 1.54) is 6.42 Å². The quantitative estimate of drug-likeness (QED) is 0.790.